The molecular formula is C9H13N3O. The smallest absolute Gasteiger partial charge is 0.0738 e. The fraction of sp³-hybridized carbons (Fsp3) is 0.444. The lowest BCUT2D eigenvalue weighted by atomic mass is 10.3. The van der Waals surface area contributed by atoms with Crippen molar-refractivity contribution >= 4 is 11.4 Å². The van der Waals surface area contributed by atoms with Crippen molar-refractivity contribution < 1.29 is 5.11 Å². The van der Waals surface area contributed by atoms with E-state index in [1.165, 1.54) is 0 Å². The number of nitrogen functional groups attached to an aromatic ring is 1. The van der Waals surface area contributed by atoms with Crippen LogP contribution >= 0.6 is 0 Å². The van der Waals surface area contributed by atoms with Gasteiger partial charge < -0.3 is 15.7 Å². The molecule has 1 atom stereocenters. The largest absolute Gasteiger partial charge is 0.396 e. The molecule has 1 aliphatic rings. The molecule has 4 heteroatoms. The van der Waals surface area contributed by atoms with E-state index in [4.69, 9.17) is 5.73 Å². The van der Waals surface area contributed by atoms with Gasteiger partial charge >= 0.3 is 0 Å². The molecule has 0 aliphatic carbocycles. The third-order valence-corrected chi connectivity index (χ3v) is 2.33. The normalized spacial score (nSPS) is 22.2. The number of nitrogens with two attached hydrogens (primary N) is 1. The van der Waals surface area contributed by atoms with E-state index >= 15 is 0 Å². The number of pyridine rings is 1. The molecule has 0 bridgehead atoms. The predicted octanol–water partition coefficient (Wildman–Crippen LogP) is 0.235. The molecule has 1 unspecified atom stereocenters. The van der Waals surface area contributed by atoms with Gasteiger partial charge in [-0.15, -0.1) is 0 Å². The van der Waals surface area contributed by atoms with Crippen LogP contribution < -0.4 is 10.6 Å². The van der Waals surface area contributed by atoms with Gasteiger partial charge in [-0.1, -0.05) is 0 Å². The molecule has 0 saturated carbocycles. The van der Waals surface area contributed by atoms with Crippen molar-refractivity contribution in [1.29, 1.82) is 0 Å². The zero-order chi connectivity index (χ0) is 9.26. The molecule has 1 saturated heterocycles. The Hall–Kier alpha value is -1.29. The Morgan fingerprint density at radius 1 is 1.62 bits per heavy atom. The van der Waals surface area contributed by atoms with Gasteiger partial charge in [0.2, 0.25) is 0 Å². The molecule has 1 fully saturated rings. The first-order valence-corrected chi connectivity index (χ1v) is 4.40. The van der Waals surface area contributed by atoms with Crippen LogP contribution in [0.3, 0.4) is 0 Å². The standard InChI is InChI=1S/C9H13N3O/c10-8-5-11-3-1-9(8)12-4-2-7(13)6-12/h1,3,5,7,13H,2,4,6,10H2. The summed E-state index contributed by atoms with van der Waals surface area (Å²) in [5.41, 5.74) is 7.42. The Balaban J connectivity index is 2.21. The average molecular weight is 179 g/mol. The van der Waals surface area contributed by atoms with E-state index in [9.17, 15) is 5.11 Å². The van der Waals surface area contributed by atoms with Crippen molar-refractivity contribution in [3.8, 4) is 0 Å². The van der Waals surface area contributed by atoms with Gasteiger partial charge in [0.1, 0.15) is 0 Å². The molecular weight excluding hydrogens is 166 g/mol. The van der Waals surface area contributed by atoms with E-state index < -0.39 is 0 Å². The van der Waals surface area contributed by atoms with Crippen LogP contribution in [0.1, 0.15) is 6.42 Å². The highest BCUT2D eigenvalue weighted by Gasteiger charge is 2.21. The fourth-order valence-corrected chi connectivity index (χ4v) is 1.65. The Kier molecular flexibility index (Phi) is 2.06. The number of aliphatic hydroxyl groups is 1. The second-order valence-electron chi connectivity index (χ2n) is 3.32. The first-order valence-electron chi connectivity index (χ1n) is 4.40. The first-order chi connectivity index (χ1) is 6.27. The van der Waals surface area contributed by atoms with Gasteiger partial charge in [-0.05, 0) is 12.5 Å². The molecule has 1 aromatic rings. The van der Waals surface area contributed by atoms with Crippen molar-refractivity contribution in [1.82, 2.24) is 4.98 Å². The Morgan fingerprint density at radius 3 is 3.08 bits per heavy atom. The maximum atomic E-state index is 9.35. The monoisotopic (exact) mass is 179 g/mol. The van der Waals surface area contributed by atoms with E-state index in [2.05, 4.69) is 9.88 Å². The van der Waals surface area contributed by atoms with Gasteiger partial charge in [-0.3, -0.25) is 4.98 Å². The number of hydrogen-bond donors (Lipinski definition) is 2. The molecule has 0 amide bonds. The molecule has 70 valence electrons. The number of aromatic nitrogens is 1. The molecule has 2 rings (SSSR count). The molecule has 2 heterocycles. The molecule has 1 aliphatic heterocycles. The van der Waals surface area contributed by atoms with Crippen molar-refractivity contribution in [3.63, 3.8) is 0 Å². The van der Waals surface area contributed by atoms with Gasteiger partial charge in [0, 0.05) is 19.3 Å². The molecule has 0 aromatic carbocycles. The van der Waals surface area contributed by atoms with E-state index in [1.807, 2.05) is 6.07 Å². The summed E-state index contributed by atoms with van der Waals surface area (Å²) in [6.45, 7) is 1.55. The molecule has 0 radical (unpaired) electrons. The van der Waals surface area contributed by atoms with Gasteiger partial charge in [0.05, 0.1) is 23.7 Å². The van der Waals surface area contributed by atoms with Crippen molar-refractivity contribution in [2.45, 2.75) is 12.5 Å². The minimum Gasteiger partial charge on any atom is -0.396 e. The Morgan fingerprint density at radius 2 is 2.46 bits per heavy atom. The third-order valence-electron chi connectivity index (χ3n) is 2.33. The number of anilines is 2. The van der Waals surface area contributed by atoms with Crippen molar-refractivity contribution in [3.05, 3.63) is 18.5 Å². The maximum Gasteiger partial charge on any atom is 0.0738 e. The third kappa shape index (κ3) is 1.58. The first kappa shape index (κ1) is 8.31. The maximum absolute atomic E-state index is 9.35. The van der Waals surface area contributed by atoms with Crippen LogP contribution in [-0.2, 0) is 0 Å². The van der Waals surface area contributed by atoms with Crippen LogP contribution in [0.15, 0.2) is 18.5 Å². The molecule has 4 nitrogen and oxygen atoms in total. The number of β-amino-alcohol motifs (C(OH)–C–C–N with tert-alkyl or cyclic N) is 1. The lowest BCUT2D eigenvalue weighted by Crippen LogP contribution is -2.22. The van der Waals surface area contributed by atoms with Crippen LogP contribution in [0.2, 0.25) is 0 Å². The van der Waals surface area contributed by atoms with Crippen molar-refractivity contribution in [2.75, 3.05) is 23.7 Å². The Bertz CT molecular complexity index is 303. The quantitative estimate of drug-likeness (QED) is 0.648. The lowest BCUT2D eigenvalue weighted by molar-refractivity contribution is 0.198. The minimum atomic E-state index is -0.215. The van der Waals surface area contributed by atoms with Crippen LogP contribution in [0.4, 0.5) is 11.4 Å². The average Bonchev–Trinajstić information content (AvgIpc) is 2.53. The highest BCUT2D eigenvalue weighted by Crippen LogP contribution is 2.25. The predicted molar refractivity (Wildman–Crippen MR) is 51.5 cm³/mol. The molecule has 1 aromatic heterocycles. The summed E-state index contributed by atoms with van der Waals surface area (Å²) < 4.78 is 0. The molecule has 0 spiro atoms. The molecule has 3 N–H and O–H groups in total. The topological polar surface area (TPSA) is 62.4 Å². The summed E-state index contributed by atoms with van der Waals surface area (Å²) in [6.07, 6.45) is 3.96. The summed E-state index contributed by atoms with van der Waals surface area (Å²) in [4.78, 5) is 6.01. The Labute approximate surface area is 77.0 Å². The minimum absolute atomic E-state index is 0.215. The lowest BCUT2D eigenvalue weighted by Gasteiger charge is -2.18. The number of hydrogen-bond acceptors (Lipinski definition) is 4. The van der Waals surface area contributed by atoms with Crippen LogP contribution in [0.25, 0.3) is 0 Å². The fourth-order valence-electron chi connectivity index (χ4n) is 1.65. The van der Waals surface area contributed by atoms with Crippen LogP contribution in [0, 0.1) is 0 Å². The summed E-state index contributed by atoms with van der Waals surface area (Å²) in [6, 6.07) is 1.88. The summed E-state index contributed by atoms with van der Waals surface area (Å²) >= 11 is 0. The summed E-state index contributed by atoms with van der Waals surface area (Å²) in [5, 5.41) is 9.35. The van der Waals surface area contributed by atoms with Gasteiger partial charge in [0.25, 0.3) is 0 Å². The number of nitrogens with zero attached hydrogens (tertiary/aromatic N) is 2. The zero-order valence-electron chi connectivity index (χ0n) is 7.35. The van der Waals surface area contributed by atoms with E-state index in [0.29, 0.717) is 12.2 Å². The summed E-state index contributed by atoms with van der Waals surface area (Å²) in [5.74, 6) is 0. The van der Waals surface area contributed by atoms with E-state index in [-0.39, 0.29) is 6.10 Å². The van der Waals surface area contributed by atoms with Crippen LogP contribution in [0.5, 0.6) is 0 Å². The second kappa shape index (κ2) is 3.22. The second-order valence-corrected chi connectivity index (χ2v) is 3.32. The highest BCUT2D eigenvalue weighted by atomic mass is 16.3. The van der Waals surface area contributed by atoms with Gasteiger partial charge in [-0.25, -0.2) is 0 Å². The van der Waals surface area contributed by atoms with Gasteiger partial charge in [0.15, 0.2) is 0 Å². The van der Waals surface area contributed by atoms with Crippen molar-refractivity contribution in [2.24, 2.45) is 0 Å². The van der Waals surface area contributed by atoms with E-state index in [0.717, 1.165) is 18.7 Å². The number of aliphatic hydroxyl groups excluding tert-OH is 1. The SMILES string of the molecule is Nc1cnccc1N1CCC(O)C1. The zero-order valence-corrected chi connectivity index (χ0v) is 7.35. The van der Waals surface area contributed by atoms with Crippen LogP contribution in [-0.4, -0.2) is 29.3 Å². The molecule has 13 heavy (non-hydrogen) atoms. The summed E-state index contributed by atoms with van der Waals surface area (Å²) in [7, 11) is 0. The number of rotatable bonds is 1. The highest BCUT2D eigenvalue weighted by molar-refractivity contribution is 5.66. The van der Waals surface area contributed by atoms with Gasteiger partial charge in [-0.2, -0.15) is 0 Å². The van der Waals surface area contributed by atoms with E-state index in [1.54, 1.807) is 12.4 Å².